The molecule has 0 bridgehead atoms. The highest BCUT2D eigenvalue weighted by atomic mass is 19.1. The van der Waals surface area contributed by atoms with Crippen LogP contribution in [0.25, 0.3) is 0 Å². The Kier molecular flexibility index (Phi) is 2.32. The van der Waals surface area contributed by atoms with Crippen LogP contribution in [-0.4, -0.2) is 13.1 Å². The zero-order valence-corrected chi connectivity index (χ0v) is 7.81. The standard InChI is InChI=1S/C11H14FN/c1-8-2-3-11(12)5-10(8)4-9-6-13-7-9/h2-3,5,9,13H,4,6-7H2,1H3. The van der Waals surface area contributed by atoms with E-state index in [1.807, 2.05) is 13.0 Å². The van der Waals surface area contributed by atoms with Crippen LogP contribution in [0.2, 0.25) is 0 Å². The molecule has 1 aromatic carbocycles. The number of rotatable bonds is 2. The van der Waals surface area contributed by atoms with Crippen LogP contribution in [0.3, 0.4) is 0 Å². The lowest BCUT2D eigenvalue weighted by Crippen LogP contribution is -2.43. The van der Waals surface area contributed by atoms with E-state index in [1.165, 1.54) is 11.6 Å². The van der Waals surface area contributed by atoms with Gasteiger partial charge in [-0.1, -0.05) is 6.07 Å². The molecule has 1 fully saturated rings. The van der Waals surface area contributed by atoms with E-state index >= 15 is 0 Å². The minimum absolute atomic E-state index is 0.118. The summed E-state index contributed by atoms with van der Waals surface area (Å²) in [6.45, 7) is 4.20. The molecule has 1 N–H and O–H groups in total. The maximum atomic E-state index is 12.9. The lowest BCUT2D eigenvalue weighted by atomic mass is 9.92. The summed E-state index contributed by atoms with van der Waals surface area (Å²) in [5.41, 5.74) is 2.36. The maximum Gasteiger partial charge on any atom is 0.123 e. The third-order valence-electron chi connectivity index (χ3n) is 2.69. The predicted octanol–water partition coefficient (Wildman–Crippen LogP) is 1.90. The Morgan fingerprint density at radius 2 is 2.23 bits per heavy atom. The Labute approximate surface area is 78.0 Å². The van der Waals surface area contributed by atoms with Crippen molar-refractivity contribution >= 4 is 0 Å². The van der Waals surface area contributed by atoms with Crippen molar-refractivity contribution < 1.29 is 4.39 Å². The van der Waals surface area contributed by atoms with Crippen molar-refractivity contribution in [3.05, 3.63) is 35.1 Å². The molecule has 70 valence electrons. The molecule has 1 aromatic rings. The van der Waals surface area contributed by atoms with Gasteiger partial charge in [0.15, 0.2) is 0 Å². The van der Waals surface area contributed by atoms with Gasteiger partial charge in [0.2, 0.25) is 0 Å². The first-order valence-corrected chi connectivity index (χ1v) is 4.71. The van der Waals surface area contributed by atoms with Gasteiger partial charge in [-0.2, -0.15) is 0 Å². The molecule has 0 amide bonds. The summed E-state index contributed by atoms with van der Waals surface area (Å²) >= 11 is 0. The lowest BCUT2D eigenvalue weighted by Gasteiger charge is -2.27. The van der Waals surface area contributed by atoms with Crippen LogP contribution in [-0.2, 0) is 6.42 Å². The molecule has 0 radical (unpaired) electrons. The van der Waals surface area contributed by atoms with E-state index in [2.05, 4.69) is 5.32 Å². The average Bonchev–Trinajstić information content (AvgIpc) is 2.03. The van der Waals surface area contributed by atoms with Crippen LogP contribution in [0.4, 0.5) is 4.39 Å². The first kappa shape index (κ1) is 8.70. The highest BCUT2D eigenvalue weighted by Crippen LogP contribution is 2.17. The Balaban J connectivity index is 2.13. The van der Waals surface area contributed by atoms with Gasteiger partial charge in [-0.3, -0.25) is 0 Å². The van der Waals surface area contributed by atoms with E-state index in [-0.39, 0.29) is 5.82 Å². The number of hydrogen-bond donors (Lipinski definition) is 1. The van der Waals surface area contributed by atoms with Crippen molar-refractivity contribution in [2.45, 2.75) is 13.3 Å². The van der Waals surface area contributed by atoms with Gasteiger partial charge in [0, 0.05) is 0 Å². The molecule has 2 rings (SSSR count). The largest absolute Gasteiger partial charge is 0.316 e. The van der Waals surface area contributed by atoms with Gasteiger partial charge in [0.05, 0.1) is 0 Å². The molecule has 1 aliphatic heterocycles. The smallest absolute Gasteiger partial charge is 0.123 e. The molecule has 13 heavy (non-hydrogen) atoms. The second kappa shape index (κ2) is 3.46. The van der Waals surface area contributed by atoms with E-state index in [4.69, 9.17) is 0 Å². The van der Waals surface area contributed by atoms with Gasteiger partial charge >= 0.3 is 0 Å². The van der Waals surface area contributed by atoms with Gasteiger partial charge in [-0.15, -0.1) is 0 Å². The van der Waals surface area contributed by atoms with Crippen LogP contribution in [0, 0.1) is 18.7 Å². The molecule has 0 saturated carbocycles. The van der Waals surface area contributed by atoms with Gasteiger partial charge in [-0.05, 0) is 55.6 Å². The van der Waals surface area contributed by atoms with E-state index in [0.717, 1.165) is 25.1 Å². The van der Waals surface area contributed by atoms with Crippen LogP contribution >= 0.6 is 0 Å². The fourth-order valence-electron chi connectivity index (χ4n) is 1.66. The predicted molar refractivity (Wildman–Crippen MR) is 51.2 cm³/mol. The van der Waals surface area contributed by atoms with Gasteiger partial charge in [-0.25, -0.2) is 4.39 Å². The third-order valence-corrected chi connectivity index (χ3v) is 2.69. The summed E-state index contributed by atoms with van der Waals surface area (Å²) in [5.74, 6) is 0.591. The van der Waals surface area contributed by atoms with Gasteiger partial charge < -0.3 is 5.32 Å². The molecule has 0 spiro atoms. The van der Waals surface area contributed by atoms with Crippen LogP contribution in [0.1, 0.15) is 11.1 Å². The average molecular weight is 179 g/mol. The summed E-state index contributed by atoms with van der Waals surface area (Å²) in [6, 6.07) is 5.04. The molecular weight excluding hydrogens is 165 g/mol. The van der Waals surface area contributed by atoms with Gasteiger partial charge in [0.25, 0.3) is 0 Å². The minimum atomic E-state index is -0.118. The first-order chi connectivity index (χ1) is 6.25. The molecule has 1 heterocycles. The second-order valence-electron chi connectivity index (χ2n) is 3.80. The maximum absolute atomic E-state index is 12.9. The zero-order chi connectivity index (χ0) is 9.26. The van der Waals surface area contributed by atoms with E-state index in [0.29, 0.717) is 5.92 Å². The molecule has 0 aromatic heterocycles. The Morgan fingerprint density at radius 3 is 2.85 bits per heavy atom. The van der Waals surface area contributed by atoms with Crippen LogP contribution in [0.15, 0.2) is 18.2 Å². The van der Waals surface area contributed by atoms with Crippen molar-refractivity contribution in [2.75, 3.05) is 13.1 Å². The topological polar surface area (TPSA) is 12.0 Å². The fourth-order valence-corrected chi connectivity index (χ4v) is 1.66. The molecule has 2 heteroatoms. The molecule has 1 nitrogen and oxygen atoms in total. The summed E-state index contributed by atoms with van der Waals surface area (Å²) in [7, 11) is 0. The van der Waals surface area contributed by atoms with Crippen molar-refractivity contribution in [2.24, 2.45) is 5.92 Å². The normalized spacial score (nSPS) is 17.1. The second-order valence-corrected chi connectivity index (χ2v) is 3.80. The minimum Gasteiger partial charge on any atom is -0.316 e. The van der Waals surface area contributed by atoms with Gasteiger partial charge in [0.1, 0.15) is 5.82 Å². The highest BCUT2D eigenvalue weighted by molar-refractivity contribution is 5.27. The number of nitrogens with one attached hydrogen (secondary N) is 1. The fraction of sp³-hybridized carbons (Fsp3) is 0.455. The van der Waals surface area contributed by atoms with Crippen molar-refractivity contribution in [3.8, 4) is 0 Å². The van der Waals surface area contributed by atoms with Crippen LogP contribution in [0.5, 0.6) is 0 Å². The summed E-state index contributed by atoms with van der Waals surface area (Å²) in [6.07, 6.45) is 1.01. The van der Waals surface area contributed by atoms with E-state index < -0.39 is 0 Å². The molecule has 1 saturated heterocycles. The van der Waals surface area contributed by atoms with Crippen molar-refractivity contribution in [1.29, 1.82) is 0 Å². The van der Waals surface area contributed by atoms with E-state index in [1.54, 1.807) is 6.07 Å². The molecule has 0 aliphatic carbocycles. The molecule has 0 unspecified atom stereocenters. The molecule has 1 aliphatic rings. The monoisotopic (exact) mass is 179 g/mol. The summed E-state index contributed by atoms with van der Waals surface area (Å²) in [4.78, 5) is 0. The summed E-state index contributed by atoms with van der Waals surface area (Å²) in [5, 5.41) is 3.22. The van der Waals surface area contributed by atoms with Crippen LogP contribution < -0.4 is 5.32 Å². The first-order valence-electron chi connectivity index (χ1n) is 4.71. The Bertz CT molecular complexity index is 305. The highest BCUT2D eigenvalue weighted by Gasteiger charge is 2.17. The lowest BCUT2D eigenvalue weighted by molar-refractivity contribution is 0.346. The molecule has 0 atom stereocenters. The SMILES string of the molecule is Cc1ccc(F)cc1CC1CNC1. The molecular formula is C11H14FN. The number of aryl methyl sites for hydroxylation is 1. The van der Waals surface area contributed by atoms with Crippen molar-refractivity contribution in [3.63, 3.8) is 0 Å². The quantitative estimate of drug-likeness (QED) is 0.731. The zero-order valence-electron chi connectivity index (χ0n) is 7.81. The number of halogens is 1. The summed E-state index contributed by atoms with van der Waals surface area (Å²) < 4.78 is 12.9. The number of hydrogen-bond acceptors (Lipinski definition) is 1. The third kappa shape index (κ3) is 1.89. The Morgan fingerprint density at radius 1 is 1.46 bits per heavy atom. The Hall–Kier alpha value is -0.890. The van der Waals surface area contributed by atoms with E-state index in [9.17, 15) is 4.39 Å². The number of benzene rings is 1. The van der Waals surface area contributed by atoms with Crippen molar-refractivity contribution in [1.82, 2.24) is 5.32 Å².